The number of nitrogens with one attached hydrogen (secondary N) is 1. The molecule has 5 rings (SSSR count). The van der Waals surface area contributed by atoms with Crippen molar-refractivity contribution in [3.63, 3.8) is 0 Å². The minimum absolute atomic E-state index is 0.167. The Bertz CT molecular complexity index is 1360. The van der Waals surface area contributed by atoms with Gasteiger partial charge >= 0.3 is 6.01 Å². The maximum atomic E-state index is 14.2. The average Bonchev–Trinajstić information content (AvgIpc) is 3.29. The van der Waals surface area contributed by atoms with Crippen LogP contribution in [0.1, 0.15) is 6.42 Å². The Morgan fingerprint density at radius 1 is 1.06 bits per heavy atom. The molecule has 2 aromatic heterocycles. The quantitative estimate of drug-likeness (QED) is 0.340. The first-order valence-corrected chi connectivity index (χ1v) is 12.0. The molecule has 0 unspecified atom stereocenters. The van der Waals surface area contributed by atoms with Gasteiger partial charge in [-0.05, 0) is 31.7 Å². The number of fused-ring (bicyclic) bond motifs is 1. The summed E-state index contributed by atoms with van der Waals surface area (Å²) in [7, 11) is 2.12. The third kappa shape index (κ3) is 5.40. The van der Waals surface area contributed by atoms with E-state index in [2.05, 4.69) is 37.0 Å². The lowest BCUT2D eigenvalue weighted by Crippen LogP contribution is -2.44. The summed E-state index contributed by atoms with van der Waals surface area (Å²) in [5.74, 6) is -1.55. The summed E-state index contributed by atoms with van der Waals surface area (Å²) in [6, 6.07) is 10.2. The van der Waals surface area contributed by atoms with Gasteiger partial charge in [-0.1, -0.05) is 29.8 Å². The molecule has 0 atom stereocenters. The van der Waals surface area contributed by atoms with E-state index in [1.54, 1.807) is 6.07 Å². The van der Waals surface area contributed by atoms with Gasteiger partial charge in [0.05, 0.1) is 12.3 Å². The van der Waals surface area contributed by atoms with Crippen molar-refractivity contribution in [2.24, 2.45) is 0 Å². The lowest BCUT2D eigenvalue weighted by Gasteiger charge is -2.32. The van der Waals surface area contributed by atoms with E-state index in [0.717, 1.165) is 51.3 Å². The van der Waals surface area contributed by atoms with Gasteiger partial charge in [0.25, 0.3) is 0 Å². The van der Waals surface area contributed by atoms with Crippen molar-refractivity contribution in [3.8, 4) is 28.9 Å². The van der Waals surface area contributed by atoms with E-state index in [9.17, 15) is 8.78 Å². The number of ether oxygens (including phenoxy) is 2. The fraction of sp³-hybridized carbons (Fsp3) is 0.320. The maximum absolute atomic E-state index is 14.2. The van der Waals surface area contributed by atoms with Crippen LogP contribution in [0.25, 0.3) is 22.3 Å². The van der Waals surface area contributed by atoms with Crippen molar-refractivity contribution < 1.29 is 18.3 Å². The number of H-pyrrole nitrogens is 1. The fourth-order valence-electron chi connectivity index (χ4n) is 4.07. The van der Waals surface area contributed by atoms with Crippen molar-refractivity contribution in [1.29, 1.82) is 0 Å². The first-order chi connectivity index (χ1) is 17.5. The molecule has 0 aliphatic carbocycles. The molecule has 11 heteroatoms. The zero-order valence-corrected chi connectivity index (χ0v) is 20.4. The molecule has 36 heavy (non-hydrogen) atoms. The zero-order chi connectivity index (χ0) is 25.1. The van der Waals surface area contributed by atoms with Crippen molar-refractivity contribution in [2.75, 3.05) is 46.4 Å². The highest BCUT2D eigenvalue weighted by molar-refractivity contribution is 6.33. The van der Waals surface area contributed by atoms with Gasteiger partial charge in [0.2, 0.25) is 5.88 Å². The number of hydrogen-bond donors (Lipinski definition) is 1. The molecule has 0 spiro atoms. The van der Waals surface area contributed by atoms with Crippen LogP contribution in [0, 0.1) is 11.6 Å². The van der Waals surface area contributed by atoms with Crippen molar-refractivity contribution in [1.82, 2.24) is 30.0 Å². The van der Waals surface area contributed by atoms with Crippen LogP contribution in [-0.2, 0) is 0 Å². The number of hydrogen-bond acceptors (Lipinski definition) is 7. The van der Waals surface area contributed by atoms with Gasteiger partial charge in [-0.3, -0.25) is 5.10 Å². The van der Waals surface area contributed by atoms with Crippen LogP contribution >= 0.6 is 11.6 Å². The molecule has 2 aromatic carbocycles. The highest BCUT2D eigenvalue weighted by Crippen LogP contribution is 2.37. The minimum atomic E-state index is -0.868. The Morgan fingerprint density at radius 3 is 2.64 bits per heavy atom. The summed E-state index contributed by atoms with van der Waals surface area (Å²) in [4.78, 5) is 13.4. The summed E-state index contributed by atoms with van der Waals surface area (Å²) in [6.07, 6.45) is 0.789. The second kappa shape index (κ2) is 10.7. The lowest BCUT2D eigenvalue weighted by molar-refractivity contribution is 0.145. The van der Waals surface area contributed by atoms with Crippen LogP contribution in [0.5, 0.6) is 17.6 Å². The third-order valence-electron chi connectivity index (χ3n) is 6.05. The molecule has 0 amide bonds. The highest BCUT2D eigenvalue weighted by Gasteiger charge is 2.21. The van der Waals surface area contributed by atoms with Crippen LogP contribution in [-0.4, -0.2) is 76.3 Å². The number of aromatic amines is 1. The van der Waals surface area contributed by atoms with E-state index in [-0.39, 0.29) is 23.3 Å². The first kappa shape index (κ1) is 24.4. The molecule has 0 radical (unpaired) electrons. The van der Waals surface area contributed by atoms with E-state index < -0.39 is 11.6 Å². The number of likely N-dealkylation sites (N-methyl/N-ethyl adjacent to an activating group) is 1. The fourth-order valence-corrected chi connectivity index (χ4v) is 4.30. The predicted octanol–water partition coefficient (Wildman–Crippen LogP) is 4.76. The summed E-state index contributed by atoms with van der Waals surface area (Å²) in [6.45, 7) is 5.43. The number of benzene rings is 2. The highest BCUT2D eigenvalue weighted by atomic mass is 35.5. The number of nitrogens with zero attached hydrogens (tertiary/aromatic N) is 5. The van der Waals surface area contributed by atoms with E-state index in [4.69, 9.17) is 21.1 Å². The Morgan fingerprint density at radius 2 is 1.86 bits per heavy atom. The summed E-state index contributed by atoms with van der Waals surface area (Å²) < 4.78 is 39.1. The molecular weight excluding hydrogens is 490 g/mol. The van der Waals surface area contributed by atoms with Gasteiger partial charge in [-0.2, -0.15) is 15.1 Å². The normalized spacial score (nSPS) is 14.9. The summed E-state index contributed by atoms with van der Waals surface area (Å²) in [5, 5.41) is 8.30. The van der Waals surface area contributed by atoms with Crippen LogP contribution < -0.4 is 9.47 Å². The standard InChI is InChI=1S/C25H25ClF2N6O2/c1-33-10-12-34(13-11-33)9-4-14-35-24-21-22(17-5-2-3-6-18(17)26)31-32-23(21)29-25(30-24)36-20-8-7-16(27)15-19(20)28/h2-3,5-8,15H,4,9-14H2,1H3,(H,29,30,31,32). The second-order valence-electron chi connectivity index (χ2n) is 8.61. The number of aromatic nitrogens is 4. The summed E-state index contributed by atoms with van der Waals surface area (Å²) in [5.41, 5.74) is 1.58. The first-order valence-electron chi connectivity index (χ1n) is 11.7. The van der Waals surface area contributed by atoms with Gasteiger partial charge in [-0.25, -0.2) is 8.78 Å². The van der Waals surface area contributed by atoms with Gasteiger partial charge in [0.1, 0.15) is 11.2 Å². The van der Waals surface area contributed by atoms with Crippen molar-refractivity contribution in [3.05, 3.63) is 59.1 Å². The molecule has 1 aliphatic heterocycles. The molecular formula is C25H25ClF2N6O2. The molecule has 1 N–H and O–H groups in total. The minimum Gasteiger partial charge on any atom is -0.477 e. The molecule has 4 aromatic rings. The monoisotopic (exact) mass is 514 g/mol. The molecule has 1 saturated heterocycles. The van der Waals surface area contributed by atoms with Crippen molar-refractivity contribution >= 4 is 22.6 Å². The van der Waals surface area contributed by atoms with Crippen LogP contribution in [0.3, 0.4) is 0 Å². The van der Waals surface area contributed by atoms with Crippen LogP contribution in [0.2, 0.25) is 5.02 Å². The maximum Gasteiger partial charge on any atom is 0.327 e. The Hall–Kier alpha value is -3.34. The zero-order valence-electron chi connectivity index (χ0n) is 19.7. The Labute approximate surface area is 211 Å². The van der Waals surface area contributed by atoms with Gasteiger partial charge < -0.3 is 19.3 Å². The molecule has 1 aliphatic rings. The molecule has 8 nitrogen and oxygen atoms in total. The Kier molecular flexibility index (Phi) is 7.26. The lowest BCUT2D eigenvalue weighted by atomic mass is 10.1. The second-order valence-corrected chi connectivity index (χ2v) is 9.02. The predicted molar refractivity (Wildman–Crippen MR) is 133 cm³/mol. The van der Waals surface area contributed by atoms with Crippen LogP contribution in [0.4, 0.5) is 8.78 Å². The van der Waals surface area contributed by atoms with Crippen molar-refractivity contribution in [2.45, 2.75) is 6.42 Å². The van der Waals surface area contributed by atoms with Gasteiger partial charge in [-0.15, -0.1) is 0 Å². The number of piperazine rings is 1. The van der Waals surface area contributed by atoms with E-state index in [1.807, 2.05) is 18.2 Å². The van der Waals surface area contributed by atoms with Gasteiger partial charge in [0.15, 0.2) is 17.2 Å². The molecule has 1 fully saturated rings. The summed E-state index contributed by atoms with van der Waals surface area (Å²) >= 11 is 6.42. The molecule has 3 heterocycles. The molecule has 188 valence electrons. The largest absolute Gasteiger partial charge is 0.477 e. The average molecular weight is 515 g/mol. The molecule has 0 saturated carbocycles. The topological polar surface area (TPSA) is 79.4 Å². The number of halogens is 3. The van der Waals surface area contributed by atoms with Crippen LogP contribution in [0.15, 0.2) is 42.5 Å². The smallest absolute Gasteiger partial charge is 0.327 e. The third-order valence-corrected chi connectivity index (χ3v) is 6.38. The van der Waals surface area contributed by atoms with E-state index in [1.165, 1.54) is 6.07 Å². The SMILES string of the molecule is CN1CCN(CCCOc2nc(Oc3ccc(F)cc3F)nc3n[nH]c(-c4ccccc4Cl)c23)CC1. The van der Waals surface area contributed by atoms with Gasteiger partial charge in [0, 0.05) is 49.4 Å². The molecule has 0 bridgehead atoms. The van der Waals surface area contributed by atoms with E-state index in [0.29, 0.717) is 28.3 Å². The van der Waals surface area contributed by atoms with E-state index >= 15 is 0 Å². The Balaban J connectivity index is 1.42. The number of rotatable bonds is 8.